The summed E-state index contributed by atoms with van der Waals surface area (Å²) in [6.07, 6.45) is 0.691. The van der Waals surface area contributed by atoms with Crippen molar-refractivity contribution in [1.29, 1.82) is 0 Å². The molecule has 1 amide bonds. The highest BCUT2D eigenvalue weighted by atomic mass is 16.5. The first-order valence-corrected chi connectivity index (χ1v) is 10.3. The van der Waals surface area contributed by atoms with Gasteiger partial charge < -0.3 is 19.6 Å². The Morgan fingerprint density at radius 3 is 2.48 bits per heavy atom. The Morgan fingerprint density at radius 1 is 1.23 bits per heavy atom. The third-order valence-corrected chi connectivity index (χ3v) is 5.72. The Kier molecular flexibility index (Phi) is 6.50. The standard InChI is InChI=1S/C23H30N4O4/c1-14-18(15(2)26(5)24-14)21(28)19-20(16-10-7-8-11-17(16)31-6)27(23(30)22(19)29)13-9-12-25(3)4/h7-8,10-11,20,28H,9,12-13H2,1-6H3/b21-19+. The van der Waals surface area contributed by atoms with Gasteiger partial charge >= 0.3 is 0 Å². The van der Waals surface area contributed by atoms with Gasteiger partial charge in [0.05, 0.1) is 30.0 Å². The third-order valence-electron chi connectivity index (χ3n) is 5.72. The SMILES string of the molecule is COc1ccccc1C1/C(=C(\O)c2c(C)nn(C)c2C)C(=O)C(=O)N1CCCN(C)C. The molecular weight excluding hydrogens is 396 g/mol. The maximum absolute atomic E-state index is 13.2. The first kappa shape index (κ1) is 22.6. The van der Waals surface area contributed by atoms with Crippen molar-refractivity contribution in [1.82, 2.24) is 19.6 Å². The van der Waals surface area contributed by atoms with E-state index in [1.807, 2.05) is 44.1 Å². The molecule has 0 spiro atoms. The number of likely N-dealkylation sites (tertiary alicyclic amines) is 1. The summed E-state index contributed by atoms with van der Waals surface area (Å²) < 4.78 is 7.17. The summed E-state index contributed by atoms with van der Waals surface area (Å²) >= 11 is 0. The molecule has 2 aromatic rings. The van der Waals surface area contributed by atoms with Crippen molar-refractivity contribution in [3.05, 3.63) is 52.4 Å². The number of amides is 1. The van der Waals surface area contributed by atoms with E-state index in [9.17, 15) is 14.7 Å². The quantitative estimate of drug-likeness (QED) is 0.416. The van der Waals surface area contributed by atoms with Crippen LogP contribution in [0, 0.1) is 13.8 Å². The second kappa shape index (κ2) is 8.93. The lowest BCUT2D eigenvalue weighted by Crippen LogP contribution is -2.32. The number of hydrogen-bond acceptors (Lipinski definition) is 6. The lowest BCUT2D eigenvalue weighted by Gasteiger charge is -2.27. The van der Waals surface area contributed by atoms with Crippen molar-refractivity contribution >= 4 is 17.4 Å². The fraction of sp³-hybridized carbons (Fsp3) is 0.435. The van der Waals surface area contributed by atoms with Crippen LogP contribution in [0.4, 0.5) is 0 Å². The zero-order valence-corrected chi connectivity index (χ0v) is 19.0. The fourth-order valence-electron chi connectivity index (χ4n) is 4.13. The van der Waals surface area contributed by atoms with Crippen LogP contribution in [0.15, 0.2) is 29.8 Å². The minimum atomic E-state index is -0.739. The van der Waals surface area contributed by atoms with E-state index in [-0.39, 0.29) is 11.3 Å². The monoisotopic (exact) mass is 426 g/mol. The van der Waals surface area contributed by atoms with Crippen LogP contribution in [0.2, 0.25) is 0 Å². The molecule has 0 aliphatic carbocycles. The van der Waals surface area contributed by atoms with Crippen molar-refractivity contribution in [3.8, 4) is 5.75 Å². The van der Waals surface area contributed by atoms with Gasteiger partial charge in [-0.05, 0) is 47.0 Å². The molecule has 1 aliphatic heterocycles. The van der Waals surface area contributed by atoms with Gasteiger partial charge in [0.25, 0.3) is 11.7 Å². The summed E-state index contributed by atoms with van der Waals surface area (Å²) in [5.41, 5.74) is 2.52. The number of ketones is 1. The number of methoxy groups -OCH3 is 1. The highest BCUT2D eigenvalue weighted by Crippen LogP contribution is 2.43. The number of aliphatic hydroxyl groups is 1. The lowest BCUT2D eigenvalue weighted by atomic mass is 9.94. The van der Waals surface area contributed by atoms with Crippen LogP contribution in [-0.4, -0.2) is 70.7 Å². The highest BCUT2D eigenvalue weighted by Gasteiger charge is 2.47. The first-order valence-electron chi connectivity index (χ1n) is 10.3. The Labute approximate surface area is 182 Å². The maximum atomic E-state index is 13.2. The molecule has 1 aromatic heterocycles. The van der Waals surface area contributed by atoms with Crippen molar-refractivity contribution in [2.75, 3.05) is 34.3 Å². The molecule has 1 aliphatic rings. The van der Waals surface area contributed by atoms with E-state index < -0.39 is 17.7 Å². The number of aryl methyl sites for hydroxylation is 2. The molecule has 0 saturated carbocycles. The van der Waals surface area contributed by atoms with Gasteiger partial charge in [-0.3, -0.25) is 14.3 Å². The molecule has 1 saturated heterocycles. The predicted molar refractivity (Wildman–Crippen MR) is 118 cm³/mol. The van der Waals surface area contributed by atoms with E-state index in [4.69, 9.17) is 4.74 Å². The number of ether oxygens (including phenoxy) is 1. The molecule has 1 aromatic carbocycles. The highest BCUT2D eigenvalue weighted by molar-refractivity contribution is 6.46. The molecule has 8 nitrogen and oxygen atoms in total. The Bertz CT molecular complexity index is 1040. The summed E-state index contributed by atoms with van der Waals surface area (Å²) in [6, 6.07) is 6.53. The van der Waals surface area contributed by atoms with E-state index >= 15 is 0 Å². The van der Waals surface area contributed by atoms with E-state index in [0.29, 0.717) is 41.2 Å². The van der Waals surface area contributed by atoms with Crippen LogP contribution in [0.1, 0.15) is 35.0 Å². The topological polar surface area (TPSA) is 87.9 Å². The molecule has 1 atom stereocenters. The number of para-hydroxylation sites is 1. The van der Waals surface area contributed by atoms with Crippen molar-refractivity contribution in [3.63, 3.8) is 0 Å². The first-order chi connectivity index (χ1) is 14.7. The van der Waals surface area contributed by atoms with E-state index in [2.05, 4.69) is 5.10 Å². The summed E-state index contributed by atoms with van der Waals surface area (Å²) in [5.74, 6) is -0.957. The summed E-state index contributed by atoms with van der Waals surface area (Å²) in [4.78, 5) is 29.8. The van der Waals surface area contributed by atoms with Crippen LogP contribution in [0.5, 0.6) is 5.75 Å². The van der Waals surface area contributed by atoms with Crippen LogP contribution >= 0.6 is 0 Å². The smallest absolute Gasteiger partial charge is 0.295 e. The zero-order chi connectivity index (χ0) is 22.9. The number of benzene rings is 1. The average molecular weight is 427 g/mol. The number of aliphatic hydroxyl groups excluding tert-OH is 1. The van der Waals surface area contributed by atoms with Gasteiger partial charge in [-0.2, -0.15) is 5.10 Å². The van der Waals surface area contributed by atoms with Gasteiger partial charge in [0, 0.05) is 24.8 Å². The van der Waals surface area contributed by atoms with E-state index in [1.54, 1.807) is 31.8 Å². The minimum absolute atomic E-state index is 0.0681. The predicted octanol–water partition coefficient (Wildman–Crippen LogP) is 2.42. The van der Waals surface area contributed by atoms with Crippen LogP contribution in [0.3, 0.4) is 0 Å². The lowest BCUT2D eigenvalue weighted by molar-refractivity contribution is -0.140. The van der Waals surface area contributed by atoms with E-state index in [0.717, 1.165) is 6.54 Å². The molecule has 0 bridgehead atoms. The second-order valence-electron chi connectivity index (χ2n) is 8.06. The molecular formula is C23H30N4O4. The Morgan fingerprint density at radius 2 is 1.90 bits per heavy atom. The number of nitrogens with zero attached hydrogens (tertiary/aromatic N) is 4. The number of aromatic nitrogens is 2. The molecule has 3 rings (SSSR count). The number of hydrogen-bond donors (Lipinski definition) is 1. The molecule has 166 valence electrons. The Balaban J connectivity index is 2.20. The Hall–Kier alpha value is -3.13. The minimum Gasteiger partial charge on any atom is -0.507 e. The maximum Gasteiger partial charge on any atom is 0.295 e. The average Bonchev–Trinajstić information content (AvgIpc) is 3.13. The molecule has 1 fully saturated rings. The second-order valence-corrected chi connectivity index (χ2v) is 8.06. The number of carbonyl (C=O) groups excluding carboxylic acids is 2. The van der Waals surface area contributed by atoms with Crippen LogP contribution in [-0.2, 0) is 16.6 Å². The molecule has 2 heterocycles. The molecule has 31 heavy (non-hydrogen) atoms. The number of Topliss-reactive ketones (excluding diaryl/α,β-unsaturated/α-hetero) is 1. The van der Waals surface area contributed by atoms with Gasteiger partial charge in [-0.1, -0.05) is 18.2 Å². The number of carbonyl (C=O) groups is 2. The van der Waals surface area contributed by atoms with E-state index in [1.165, 1.54) is 4.90 Å². The summed E-state index contributed by atoms with van der Waals surface area (Å²) in [5, 5.41) is 15.6. The molecule has 1 N–H and O–H groups in total. The van der Waals surface area contributed by atoms with Gasteiger partial charge in [-0.25, -0.2) is 0 Å². The van der Waals surface area contributed by atoms with Crippen LogP contribution in [0.25, 0.3) is 5.76 Å². The molecule has 8 heteroatoms. The van der Waals surface area contributed by atoms with Gasteiger partial charge in [0.2, 0.25) is 0 Å². The van der Waals surface area contributed by atoms with Gasteiger partial charge in [-0.15, -0.1) is 0 Å². The number of rotatable bonds is 7. The summed E-state index contributed by atoms with van der Waals surface area (Å²) in [6.45, 7) is 4.74. The van der Waals surface area contributed by atoms with Crippen molar-refractivity contribution < 1.29 is 19.4 Å². The molecule has 1 unspecified atom stereocenters. The zero-order valence-electron chi connectivity index (χ0n) is 19.0. The van der Waals surface area contributed by atoms with Gasteiger partial charge in [0.15, 0.2) is 0 Å². The third kappa shape index (κ3) is 4.07. The normalized spacial score (nSPS) is 18.3. The van der Waals surface area contributed by atoms with Gasteiger partial charge in [0.1, 0.15) is 11.5 Å². The molecule has 0 radical (unpaired) electrons. The van der Waals surface area contributed by atoms with Crippen LogP contribution < -0.4 is 4.74 Å². The summed E-state index contributed by atoms with van der Waals surface area (Å²) in [7, 11) is 7.24. The van der Waals surface area contributed by atoms with Crippen molar-refractivity contribution in [2.24, 2.45) is 7.05 Å². The van der Waals surface area contributed by atoms with Crippen molar-refractivity contribution in [2.45, 2.75) is 26.3 Å². The fourth-order valence-corrected chi connectivity index (χ4v) is 4.13. The largest absolute Gasteiger partial charge is 0.507 e.